The van der Waals surface area contributed by atoms with Gasteiger partial charge < -0.3 is 9.13 Å². The molecule has 0 amide bonds. The van der Waals surface area contributed by atoms with Crippen LogP contribution in [0.5, 0.6) is 0 Å². The summed E-state index contributed by atoms with van der Waals surface area (Å²) in [7, 11) is -2.75. The van der Waals surface area contributed by atoms with Gasteiger partial charge >= 0.3 is 0 Å². The van der Waals surface area contributed by atoms with Gasteiger partial charge in [-0.05, 0) is 62.7 Å². The minimum atomic E-state index is -2.75. The molecule has 2 heterocycles. The lowest BCUT2D eigenvalue weighted by molar-refractivity contribution is 1.17. The van der Waals surface area contributed by atoms with Crippen molar-refractivity contribution in [3.8, 4) is 22.5 Å². The van der Waals surface area contributed by atoms with E-state index in [1.165, 1.54) is 75.5 Å². The highest BCUT2D eigenvalue weighted by atomic mass is 28.3. The quantitative estimate of drug-likeness (QED) is 0.114. The van der Waals surface area contributed by atoms with E-state index in [1.807, 2.05) is 0 Å². The number of aromatic nitrogens is 2. The first kappa shape index (κ1) is 33.2. The summed E-state index contributed by atoms with van der Waals surface area (Å²) in [6, 6.07) is 85.1. The van der Waals surface area contributed by atoms with E-state index < -0.39 is 8.07 Å². The topological polar surface area (TPSA) is 9.86 Å². The standard InChI is InChI=1S/C54H38N2Si/c1-6-21-40(22-7-1)55-50-35-17-16-32-47(50)48-36-37-51-52(54(48)55)49-34-19-33-46(53(49)56(51)41-23-8-2-9-24-41)39-20-18-31-45(38-39)57(42-25-10-3-11-26-42,43-27-12-4-13-28-43)44-29-14-5-15-30-44/h1-38H. The normalized spacial score (nSPS) is 11.9. The molecule has 0 unspecified atom stereocenters. The van der Waals surface area contributed by atoms with Gasteiger partial charge in [0, 0.05) is 38.5 Å². The van der Waals surface area contributed by atoms with Gasteiger partial charge in [0.25, 0.3) is 0 Å². The van der Waals surface area contributed by atoms with E-state index in [1.54, 1.807) is 0 Å². The average molecular weight is 743 g/mol. The Morgan fingerprint density at radius 1 is 0.298 bits per heavy atom. The SMILES string of the molecule is c1ccc(-n2c3ccc4c5ccccc5n(-c5ccccc5)c4c3c3cccc(-c4cccc([Si](c5ccccc5)(c5ccccc5)c5ccccc5)c4)c32)cc1. The molecule has 0 aliphatic heterocycles. The average Bonchev–Trinajstić information content (AvgIpc) is 3.82. The summed E-state index contributed by atoms with van der Waals surface area (Å²) in [6.45, 7) is 0. The predicted molar refractivity (Wildman–Crippen MR) is 244 cm³/mol. The Morgan fingerprint density at radius 3 is 1.37 bits per heavy atom. The second kappa shape index (κ2) is 13.5. The summed E-state index contributed by atoms with van der Waals surface area (Å²) in [5, 5.41) is 10.5. The van der Waals surface area contributed by atoms with Crippen molar-refractivity contribution >= 4 is 72.4 Å². The largest absolute Gasteiger partial charge is 0.309 e. The lowest BCUT2D eigenvalue weighted by Gasteiger charge is -2.34. The maximum absolute atomic E-state index is 2.75. The van der Waals surface area contributed by atoms with Gasteiger partial charge in [0.1, 0.15) is 0 Å². The first-order valence-electron chi connectivity index (χ1n) is 19.7. The highest BCUT2D eigenvalue weighted by Gasteiger charge is 2.41. The minimum absolute atomic E-state index is 1.14. The Morgan fingerprint density at radius 2 is 0.772 bits per heavy atom. The second-order valence-electron chi connectivity index (χ2n) is 14.8. The molecule has 0 spiro atoms. The molecule has 3 heteroatoms. The molecule has 57 heavy (non-hydrogen) atoms. The molecule has 11 aromatic rings. The van der Waals surface area contributed by atoms with Crippen molar-refractivity contribution in [1.82, 2.24) is 9.13 Å². The molecule has 2 aromatic heterocycles. The van der Waals surface area contributed by atoms with Crippen molar-refractivity contribution in [2.24, 2.45) is 0 Å². The van der Waals surface area contributed by atoms with Gasteiger partial charge in [0.15, 0.2) is 8.07 Å². The molecule has 0 N–H and O–H groups in total. The molecule has 0 saturated heterocycles. The monoisotopic (exact) mass is 742 g/mol. The third-order valence-corrected chi connectivity index (χ3v) is 16.6. The number of hydrogen-bond acceptors (Lipinski definition) is 0. The van der Waals surface area contributed by atoms with Crippen LogP contribution in [-0.4, -0.2) is 17.2 Å². The van der Waals surface area contributed by atoms with Gasteiger partial charge in [-0.15, -0.1) is 0 Å². The number of rotatable bonds is 7. The molecule has 0 bridgehead atoms. The van der Waals surface area contributed by atoms with Gasteiger partial charge in [-0.1, -0.05) is 194 Å². The van der Waals surface area contributed by atoms with Crippen molar-refractivity contribution < 1.29 is 0 Å². The van der Waals surface area contributed by atoms with E-state index in [0.29, 0.717) is 0 Å². The Kier molecular flexibility index (Phi) is 7.87. The maximum Gasteiger partial charge on any atom is 0.179 e. The summed E-state index contributed by atoms with van der Waals surface area (Å²) >= 11 is 0. The fourth-order valence-electron chi connectivity index (χ4n) is 9.51. The zero-order valence-electron chi connectivity index (χ0n) is 31.3. The van der Waals surface area contributed by atoms with E-state index in [2.05, 4.69) is 240 Å². The van der Waals surface area contributed by atoms with Crippen molar-refractivity contribution in [3.63, 3.8) is 0 Å². The summed E-state index contributed by atoms with van der Waals surface area (Å²) in [6.07, 6.45) is 0. The molecule has 0 atom stereocenters. The Hall–Kier alpha value is -7.20. The number of nitrogens with zero attached hydrogens (tertiary/aromatic N) is 2. The molecule has 0 aliphatic rings. The number of fused-ring (bicyclic) bond motifs is 7. The van der Waals surface area contributed by atoms with Crippen molar-refractivity contribution in [2.45, 2.75) is 0 Å². The number of hydrogen-bond donors (Lipinski definition) is 0. The Bertz CT molecular complexity index is 3110. The zero-order valence-corrected chi connectivity index (χ0v) is 32.3. The molecule has 2 nitrogen and oxygen atoms in total. The highest BCUT2D eigenvalue weighted by molar-refractivity contribution is 7.19. The van der Waals surface area contributed by atoms with Crippen LogP contribution in [0.15, 0.2) is 231 Å². The lowest BCUT2D eigenvalue weighted by atomic mass is 10.0. The Balaban J connectivity index is 1.26. The highest BCUT2D eigenvalue weighted by Crippen LogP contribution is 2.44. The lowest BCUT2D eigenvalue weighted by Crippen LogP contribution is -2.74. The van der Waals surface area contributed by atoms with E-state index in [0.717, 1.165) is 11.4 Å². The van der Waals surface area contributed by atoms with Crippen LogP contribution in [-0.2, 0) is 0 Å². The second-order valence-corrected chi connectivity index (χ2v) is 18.7. The summed E-state index contributed by atoms with van der Waals surface area (Å²) in [5.41, 5.74) is 9.55. The van der Waals surface area contributed by atoms with E-state index in [4.69, 9.17) is 0 Å². The summed E-state index contributed by atoms with van der Waals surface area (Å²) in [5.74, 6) is 0. The van der Waals surface area contributed by atoms with Crippen LogP contribution >= 0.6 is 0 Å². The third kappa shape index (κ3) is 5.10. The summed E-state index contributed by atoms with van der Waals surface area (Å²) in [4.78, 5) is 0. The molecule has 0 aliphatic carbocycles. The van der Waals surface area contributed by atoms with Crippen LogP contribution in [0.3, 0.4) is 0 Å². The first-order chi connectivity index (χ1) is 28.3. The van der Waals surface area contributed by atoms with Crippen LogP contribution < -0.4 is 20.7 Å². The molecule has 0 radical (unpaired) electrons. The van der Waals surface area contributed by atoms with Crippen LogP contribution in [0.1, 0.15) is 0 Å². The molecule has 0 fully saturated rings. The molecular weight excluding hydrogens is 705 g/mol. The number of para-hydroxylation sites is 4. The number of benzene rings is 9. The first-order valence-corrected chi connectivity index (χ1v) is 21.7. The smallest absolute Gasteiger partial charge is 0.179 e. The van der Waals surface area contributed by atoms with E-state index in [9.17, 15) is 0 Å². The molecule has 268 valence electrons. The minimum Gasteiger partial charge on any atom is -0.309 e. The van der Waals surface area contributed by atoms with Crippen molar-refractivity contribution in [3.05, 3.63) is 231 Å². The molecular formula is C54H38N2Si. The maximum atomic E-state index is 2.50. The van der Waals surface area contributed by atoms with Gasteiger partial charge in [0.05, 0.1) is 22.1 Å². The van der Waals surface area contributed by atoms with Crippen LogP contribution in [0.25, 0.3) is 66.1 Å². The van der Waals surface area contributed by atoms with Gasteiger partial charge in [-0.25, -0.2) is 0 Å². The van der Waals surface area contributed by atoms with Crippen LogP contribution in [0.4, 0.5) is 0 Å². The van der Waals surface area contributed by atoms with Gasteiger partial charge in [-0.2, -0.15) is 0 Å². The molecule has 0 saturated carbocycles. The van der Waals surface area contributed by atoms with Gasteiger partial charge in [0.2, 0.25) is 0 Å². The van der Waals surface area contributed by atoms with E-state index in [-0.39, 0.29) is 0 Å². The fourth-order valence-corrected chi connectivity index (χ4v) is 14.3. The van der Waals surface area contributed by atoms with Crippen LogP contribution in [0, 0.1) is 0 Å². The Labute approximate surface area is 333 Å². The van der Waals surface area contributed by atoms with E-state index >= 15 is 0 Å². The zero-order chi connectivity index (χ0) is 37.8. The van der Waals surface area contributed by atoms with Crippen LogP contribution in [0.2, 0.25) is 0 Å². The van der Waals surface area contributed by atoms with Gasteiger partial charge in [-0.3, -0.25) is 0 Å². The van der Waals surface area contributed by atoms with Crippen molar-refractivity contribution in [2.75, 3.05) is 0 Å². The summed E-state index contributed by atoms with van der Waals surface area (Å²) < 4.78 is 4.96. The van der Waals surface area contributed by atoms with Crippen molar-refractivity contribution in [1.29, 1.82) is 0 Å². The predicted octanol–water partition coefficient (Wildman–Crippen LogP) is 10.9. The third-order valence-electron chi connectivity index (χ3n) is 11.8. The molecule has 9 aromatic carbocycles. The molecule has 11 rings (SSSR count). The fraction of sp³-hybridized carbons (Fsp3) is 0.